The smallest absolute Gasteiger partial charge is 0.250 e. The summed E-state index contributed by atoms with van der Waals surface area (Å²) in [7, 11) is 0.893. The number of nitrogens with zero attached hydrogens (tertiary/aromatic N) is 3. The molecule has 3 rings (SSSR count). The first-order valence-electron chi connectivity index (χ1n) is 8.03. The van der Waals surface area contributed by atoms with Gasteiger partial charge in [-0.25, -0.2) is 17.7 Å². The number of hydrogen-bond donors (Lipinski definition) is 0. The molecule has 0 unspecified atom stereocenters. The molecule has 2 heterocycles. The zero-order valence-corrected chi connectivity index (χ0v) is 16.8. The van der Waals surface area contributed by atoms with E-state index in [0.717, 1.165) is 20.6 Å². The second kappa shape index (κ2) is 7.63. The summed E-state index contributed by atoms with van der Waals surface area (Å²) in [4.78, 5) is 16.8. The predicted molar refractivity (Wildman–Crippen MR) is 105 cm³/mol. The summed E-state index contributed by atoms with van der Waals surface area (Å²) >= 11 is 1.45. The van der Waals surface area contributed by atoms with Crippen molar-refractivity contribution >= 4 is 21.4 Å². The van der Waals surface area contributed by atoms with Crippen LogP contribution < -0.4 is 10.3 Å². The molecular formula is C18H19N3O4S2. The number of benzene rings is 1. The highest BCUT2D eigenvalue weighted by Crippen LogP contribution is 2.27. The molecule has 0 spiro atoms. The molecule has 0 aliphatic rings. The molecule has 0 amide bonds. The Morgan fingerprint density at radius 1 is 1.22 bits per heavy atom. The quantitative estimate of drug-likeness (QED) is 0.628. The maximum atomic E-state index is 12.3. The van der Waals surface area contributed by atoms with Gasteiger partial charge in [-0.3, -0.25) is 4.79 Å². The van der Waals surface area contributed by atoms with Gasteiger partial charge in [-0.1, -0.05) is 12.1 Å². The first-order chi connectivity index (χ1) is 12.8. The first kappa shape index (κ1) is 19.3. The SMILES string of the molecule is COc1cccc(-c2nc(Cn3cc(S(=O)(=O)N(C)C)ccc3=O)cs2)c1. The van der Waals surface area contributed by atoms with Crippen molar-refractivity contribution < 1.29 is 13.2 Å². The molecule has 0 N–H and O–H groups in total. The largest absolute Gasteiger partial charge is 0.497 e. The van der Waals surface area contributed by atoms with E-state index in [1.165, 1.54) is 48.3 Å². The second-order valence-corrected chi connectivity index (χ2v) is 9.00. The summed E-state index contributed by atoms with van der Waals surface area (Å²) in [5.41, 5.74) is 1.31. The minimum atomic E-state index is -3.61. The van der Waals surface area contributed by atoms with Crippen LogP contribution in [0.4, 0.5) is 0 Å². The topological polar surface area (TPSA) is 81.5 Å². The molecule has 0 aliphatic carbocycles. The Morgan fingerprint density at radius 2 is 2.00 bits per heavy atom. The summed E-state index contributed by atoms with van der Waals surface area (Å²) < 4.78 is 32.3. The van der Waals surface area contributed by atoms with Gasteiger partial charge in [0.05, 0.1) is 24.2 Å². The van der Waals surface area contributed by atoms with Crippen LogP contribution in [0.3, 0.4) is 0 Å². The van der Waals surface area contributed by atoms with E-state index in [4.69, 9.17) is 4.74 Å². The molecule has 2 aromatic heterocycles. The third-order valence-corrected chi connectivity index (χ3v) is 6.67. The Bertz CT molecular complexity index is 1120. The van der Waals surface area contributed by atoms with E-state index in [2.05, 4.69) is 4.98 Å². The van der Waals surface area contributed by atoms with Crippen LogP contribution in [0.1, 0.15) is 5.69 Å². The summed E-state index contributed by atoms with van der Waals surface area (Å²) in [6.07, 6.45) is 1.35. The van der Waals surface area contributed by atoms with Crippen LogP contribution in [-0.4, -0.2) is 43.5 Å². The monoisotopic (exact) mass is 405 g/mol. The number of aromatic nitrogens is 2. The standard InChI is InChI=1S/C18H19N3O4S2/c1-20(2)27(23,24)16-7-8-17(22)21(11-16)10-14-12-26-18(19-14)13-5-4-6-15(9-13)25-3/h4-9,11-12H,10H2,1-3H3. The Hall–Kier alpha value is -2.49. The van der Waals surface area contributed by atoms with Gasteiger partial charge in [0.1, 0.15) is 10.8 Å². The van der Waals surface area contributed by atoms with E-state index in [-0.39, 0.29) is 17.0 Å². The van der Waals surface area contributed by atoms with E-state index >= 15 is 0 Å². The normalized spacial score (nSPS) is 11.7. The minimum Gasteiger partial charge on any atom is -0.497 e. The van der Waals surface area contributed by atoms with Gasteiger partial charge >= 0.3 is 0 Å². The average molecular weight is 406 g/mol. The molecule has 0 aliphatic heterocycles. The van der Waals surface area contributed by atoms with Gasteiger partial charge in [0.15, 0.2) is 0 Å². The molecule has 0 saturated heterocycles. The molecule has 9 heteroatoms. The van der Waals surface area contributed by atoms with E-state index in [0.29, 0.717) is 5.69 Å². The summed E-state index contributed by atoms with van der Waals surface area (Å²) in [6, 6.07) is 10.1. The number of ether oxygens (including phenoxy) is 1. The number of pyridine rings is 1. The number of hydrogen-bond acceptors (Lipinski definition) is 6. The Balaban J connectivity index is 1.90. The lowest BCUT2D eigenvalue weighted by atomic mass is 10.2. The van der Waals surface area contributed by atoms with Gasteiger partial charge < -0.3 is 9.30 Å². The number of thiazole rings is 1. The van der Waals surface area contributed by atoms with Gasteiger partial charge in [0.2, 0.25) is 10.0 Å². The highest BCUT2D eigenvalue weighted by atomic mass is 32.2. The van der Waals surface area contributed by atoms with E-state index in [9.17, 15) is 13.2 Å². The fourth-order valence-corrected chi connectivity index (χ4v) is 4.17. The maximum Gasteiger partial charge on any atom is 0.250 e. The molecule has 0 fully saturated rings. The van der Waals surface area contributed by atoms with Gasteiger partial charge in [-0.05, 0) is 18.2 Å². The zero-order chi connectivity index (χ0) is 19.6. The predicted octanol–water partition coefficient (Wildman–Crippen LogP) is 2.28. The van der Waals surface area contributed by atoms with E-state index in [1.54, 1.807) is 7.11 Å². The summed E-state index contributed by atoms with van der Waals surface area (Å²) in [6.45, 7) is 0.191. The van der Waals surface area contributed by atoms with Crippen LogP contribution in [0.15, 0.2) is 57.7 Å². The van der Waals surface area contributed by atoms with Crippen molar-refractivity contribution in [3.63, 3.8) is 0 Å². The second-order valence-electron chi connectivity index (χ2n) is 5.99. The molecule has 142 valence electrons. The average Bonchev–Trinajstić information content (AvgIpc) is 3.12. The molecule has 0 bridgehead atoms. The van der Waals surface area contributed by atoms with E-state index < -0.39 is 10.0 Å². The van der Waals surface area contributed by atoms with Crippen LogP contribution >= 0.6 is 11.3 Å². The molecular weight excluding hydrogens is 386 g/mol. The lowest BCUT2D eigenvalue weighted by Crippen LogP contribution is -2.26. The summed E-state index contributed by atoms with van der Waals surface area (Å²) in [5, 5.41) is 2.66. The lowest BCUT2D eigenvalue weighted by molar-refractivity contribution is 0.415. The van der Waals surface area contributed by atoms with Crippen LogP contribution in [-0.2, 0) is 16.6 Å². The third kappa shape index (κ3) is 4.10. The fourth-order valence-electron chi connectivity index (χ4n) is 2.44. The van der Waals surface area contributed by atoms with Crippen molar-refractivity contribution in [2.75, 3.05) is 21.2 Å². The van der Waals surface area contributed by atoms with Gasteiger partial charge in [-0.2, -0.15) is 0 Å². The number of rotatable bonds is 6. The highest BCUT2D eigenvalue weighted by Gasteiger charge is 2.18. The van der Waals surface area contributed by atoms with Crippen molar-refractivity contribution in [1.82, 2.24) is 13.9 Å². The Kier molecular flexibility index (Phi) is 5.45. The van der Waals surface area contributed by atoms with Gasteiger partial charge in [-0.15, -0.1) is 11.3 Å². The van der Waals surface area contributed by atoms with Crippen molar-refractivity contribution in [2.45, 2.75) is 11.4 Å². The van der Waals surface area contributed by atoms with Crippen LogP contribution in [0.5, 0.6) is 5.75 Å². The van der Waals surface area contributed by atoms with Crippen molar-refractivity contribution in [3.8, 4) is 16.3 Å². The third-order valence-electron chi connectivity index (χ3n) is 3.94. The van der Waals surface area contributed by atoms with Crippen LogP contribution in [0.2, 0.25) is 0 Å². The van der Waals surface area contributed by atoms with Crippen LogP contribution in [0, 0.1) is 0 Å². The molecule has 0 atom stereocenters. The molecule has 3 aromatic rings. The van der Waals surface area contributed by atoms with E-state index in [1.807, 2.05) is 29.6 Å². The first-order valence-corrected chi connectivity index (χ1v) is 10.3. The van der Waals surface area contributed by atoms with Gasteiger partial charge in [0.25, 0.3) is 5.56 Å². The summed E-state index contributed by atoms with van der Waals surface area (Å²) in [5.74, 6) is 0.738. The molecule has 27 heavy (non-hydrogen) atoms. The maximum absolute atomic E-state index is 12.3. The zero-order valence-electron chi connectivity index (χ0n) is 15.1. The van der Waals surface area contributed by atoms with Crippen LogP contribution in [0.25, 0.3) is 10.6 Å². The minimum absolute atomic E-state index is 0.0651. The Morgan fingerprint density at radius 3 is 2.70 bits per heavy atom. The Labute approximate surface area is 161 Å². The van der Waals surface area contributed by atoms with Crippen molar-refractivity contribution in [3.05, 3.63) is 64.0 Å². The van der Waals surface area contributed by atoms with Gasteiger partial charge in [0, 0.05) is 37.3 Å². The molecule has 0 radical (unpaired) electrons. The molecule has 7 nitrogen and oxygen atoms in total. The number of sulfonamides is 1. The van der Waals surface area contributed by atoms with Crippen molar-refractivity contribution in [1.29, 1.82) is 0 Å². The molecule has 1 aromatic carbocycles. The lowest BCUT2D eigenvalue weighted by Gasteiger charge is -2.12. The molecule has 0 saturated carbocycles. The number of methoxy groups -OCH3 is 1. The highest BCUT2D eigenvalue weighted by molar-refractivity contribution is 7.89. The van der Waals surface area contributed by atoms with Crippen molar-refractivity contribution in [2.24, 2.45) is 0 Å². The fraction of sp³-hybridized carbons (Fsp3) is 0.222.